The second-order valence-electron chi connectivity index (χ2n) is 4.29. The molecule has 0 saturated heterocycles. The molecule has 0 fully saturated rings. The van der Waals surface area contributed by atoms with Crippen molar-refractivity contribution in [3.05, 3.63) is 29.8 Å². The van der Waals surface area contributed by atoms with E-state index in [9.17, 15) is 13.6 Å². The maximum absolute atomic E-state index is 12.0. The lowest BCUT2D eigenvalue weighted by atomic mass is 10.1. The van der Waals surface area contributed by atoms with Gasteiger partial charge in [-0.25, -0.2) is 0 Å². The van der Waals surface area contributed by atoms with Gasteiger partial charge in [0.15, 0.2) is 0 Å². The first-order valence-corrected chi connectivity index (χ1v) is 5.93. The summed E-state index contributed by atoms with van der Waals surface area (Å²) < 4.78 is 28.2. The number of carbonyl (C=O) groups excluding carboxylic acids is 1. The van der Waals surface area contributed by atoms with Crippen molar-refractivity contribution < 1.29 is 18.3 Å². The van der Waals surface area contributed by atoms with Gasteiger partial charge in [0.1, 0.15) is 5.75 Å². The number of benzene rings is 1. The predicted octanol–water partition coefficient (Wildman–Crippen LogP) is 2.06. The van der Waals surface area contributed by atoms with Crippen LogP contribution in [0.1, 0.15) is 12.5 Å². The largest absolute Gasteiger partial charge is 0.435 e. The van der Waals surface area contributed by atoms with Gasteiger partial charge in [0.05, 0.1) is 6.42 Å². The topological polar surface area (TPSA) is 55.6 Å². The van der Waals surface area contributed by atoms with Crippen LogP contribution in [0.15, 0.2) is 24.3 Å². The van der Waals surface area contributed by atoms with Gasteiger partial charge in [-0.1, -0.05) is 12.1 Å². The fraction of sp³-hybridized carbons (Fsp3) is 0.462. The Morgan fingerprint density at radius 3 is 2.35 bits per heavy atom. The summed E-state index contributed by atoms with van der Waals surface area (Å²) in [5.74, 6) is 0.00959. The highest BCUT2D eigenvalue weighted by atomic mass is 35.5. The van der Waals surface area contributed by atoms with Gasteiger partial charge < -0.3 is 15.4 Å². The molecule has 114 valence electrons. The average Bonchev–Trinajstić information content (AvgIpc) is 2.38. The summed E-state index contributed by atoms with van der Waals surface area (Å²) in [5.41, 5.74) is 6.23. The number of carbonyl (C=O) groups is 1. The van der Waals surface area contributed by atoms with Crippen molar-refractivity contribution >= 4 is 18.3 Å². The Bertz CT molecular complexity index is 415. The van der Waals surface area contributed by atoms with E-state index in [1.54, 1.807) is 24.1 Å². The summed E-state index contributed by atoms with van der Waals surface area (Å²) in [6, 6.07) is 5.99. The van der Waals surface area contributed by atoms with E-state index in [4.69, 9.17) is 5.73 Å². The number of nitrogens with two attached hydrogens (primary N) is 1. The van der Waals surface area contributed by atoms with Crippen LogP contribution in [0.2, 0.25) is 0 Å². The third-order valence-corrected chi connectivity index (χ3v) is 2.90. The van der Waals surface area contributed by atoms with Crippen LogP contribution in [-0.4, -0.2) is 37.1 Å². The van der Waals surface area contributed by atoms with E-state index in [-0.39, 0.29) is 36.5 Å². The third kappa shape index (κ3) is 5.71. The van der Waals surface area contributed by atoms with Crippen molar-refractivity contribution in [3.8, 4) is 5.75 Å². The Morgan fingerprint density at radius 1 is 1.35 bits per heavy atom. The maximum atomic E-state index is 12.0. The molecule has 0 aliphatic heterocycles. The molecule has 20 heavy (non-hydrogen) atoms. The summed E-state index contributed by atoms with van der Waals surface area (Å²) in [4.78, 5) is 13.5. The zero-order valence-electron chi connectivity index (χ0n) is 11.4. The summed E-state index contributed by atoms with van der Waals surface area (Å²) in [6.07, 6.45) is 0.204. The van der Waals surface area contributed by atoms with Crippen LogP contribution in [0.5, 0.6) is 5.75 Å². The molecule has 1 unspecified atom stereocenters. The van der Waals surface area contributed by atoms with E-state index < -0.39 is 6.61 Å². The van der Waals surface area contributed by atoms with Crippen molar-refractivity contribution in [3.63, 3.8) is 0 Å². The molecule has 0 bridgehead atoms. The molecule has 1 aromatic rings. The lowest BCUT2D eigenvalue weighted by Crippen LogP contribution is -2.40. The fourth-order valence-electron chi connectivity index (χ4n) is 1.49. The SMILES string of the molecule is CC(CN)N(C)C(=O)Cc1ccc(OC(F)F)cc1.Cl. The molecule has 0 heterocycles. The van der Waals surface area contributed by atoms with Crippen molar-refractivity contribution in [2.75, 3.05) is 13.6 Å². The van der Waals surface area contributed by atoms with E-state index in [0.29, 0.717) is 6.54 Å². The number of amides is 1. The second kappa shape index (κ2) is 8.71. The molecule has 1 amide bonds. The number of likely N-dealkylation sites (N-methyl/N-ethyl adjacent to an activating group) is 1. The van der Waals surface area contributed by atoms with Gasteiger partial charge in [-0.2, -0.15) is 8.78 Å². The van der Waals surface area contributed by atoms with E-state index in [0.717, 1.165) is 5.56 Å². The zero-order chi connectivity index (χ0) is 14.4. The van der Waals surface area contributed by atoms with E-state index in [1.807, 2.05) is 6.92 Å². The molecule has 4 nitrogen and oxygen atoms in total. The van der Waals surface area contributed by atoms with Crippen molar-refractivity contribution in [1.29, 1.82) is 0 Å². The highest BCUT2D eigenvalue weighted by molar-refractivity contribution is 5.85. The number of alkyl halides is 2. The van der Waals surface area contributed by atoms with Gasteiger partial charge in [0, 0.05) is 19.6 Å². The fourth-order valence-corrected chi connectivity index (χ4v) is 1.49. The van der Waals surface area contributed by atoms with Crippen LogP contribution in [0.4, 0.5) is 8.78 Å². The predicted molar refractivity (Wildman–Crippen MR) is 75.3 cm³/mol. The lowest BCUT2D eigenvalue weighted by Gasteiger charge is -2.23. The highest BCUT2D eigenvalue weighted by Gasteiger charge is 2.14. The Balaban J connectivity index is 0.00000361. The molecule has 0 aliphatic rings. The third-order valence-electron chi connectivity index (χ3n) is 2.90. The maximum Gasteiger partial charge on any atom is 0.387 e. The van der Waals surface area contributed by atoms with Gasteiger partial charge in [-0.05, 0) is 24.6 Å². The normalized spacial score (nSPS) is 11.7. The molecule has 1 rings (SSSR count). The monoisotopic (exact) mass is 308 g/mol. The molecule has 0 spiro atoms. The van der Waals surface area contributed by atoms with Crippen LogP contribution >= 0.6 is 12.4 Å². The molecule has 0 aliphatic carbocycles. The van der Waals surface area contributed by atoms with Crippen LogP contribution in [0.25, 0.3) is 0 Å². The summed E-state index contributed by atoms with van der Waals surface area (Å²) >= 11 is 0. The molecule has 0 saturated carbocycles. The summed E-state index contributed by atoms with van der Waals surface area (Å²) in [6.45, 7) is -0.593. The summed E-state index contributed by atoms with van der Waals surface area (Å²) in [7, 11) is 1.69. The van der Waals surface area contributed by atoms with E-state index in [1.165, 1.54) is 12.1 Å². The van der Waals surface area contributed by atoms with Crippen LogP contribution in [0, 0.1) is 0 Å². The highest BCUT2D eigenvalue weighted by Crippen LogP contribution is 2.15. The van der Waals surface area contributed by atoms with E-state index >= 15 is 0 Å². The van der Waals surface area contributed by atoms with E-state index in [2.05, 4.69) is 4.74 Å². The van der Waals surface area contributed by atoms with Crippen LogP contribution in [0.3, 0.4) is 0 Å². The van der Waals surface area contributed by atoms with Crippen LogP contribution < -0.4 is 10.5 Å². The average molecular weight is 309 g/mol. The number of hydrogen-bond acceptors (Lipinski definition) is 3. The van der Waals surface area contributed by atoms with Crippen molar-refractivity contribution in [2.45, 2.75) is 26.0 Å². The van der Waals surface area contributed by atoms with Gasteiger partial charge >= 0.3 is 6.61 Å². The molecule has 2 N–H and O–H groups in total. The number of halogens is 3. The Hall–Kier alpha value is -1.40. The smallest absolute Gasteiger partial charge is 0.387 e. The number of ether oxygens (including phenoxy) is 1. The number of hydrogen-bond donors (Lipinski definition) is 1. The molecule has 1 aromatic carbocycles. The minimum Gasteiger partial charge on any atom is -0.435 e. The Morgan fingerprint density at radius 2 is 1.90 bits per heavy atom. The molecule has 7 heteroatoms. The first-order chi connectivity index (χ1) is 8.93. The second-order valence-corrected chi connectivity index (χ2v) is 4.29. The van der Waals surface area contributed by atoms with Gasteiger partial charge in [0.25, 0.3) is 0 Å². The molecule has 0 aromatic heterocycles. The molecule has 1 atom stereocenters. The zero-order valence-corrected chi connectivity index (χ0v) is 12.2. The van der Waals surface area contributed by atoms with Gasteiger partial charge in [-0.15, -0.1) is 12.4 Å². The standard InChI is InChI=1S/C13H18F2N2O2.ClH/c1-9(8-16)17(2)12(18)7-10-3-5-11(6-4-10)19-13(14)15;/h3-6,9,13H,7-8,16H2,1-2H3;1H. The molecule has 0 radical (unpaired) electrons. The first kappa shape index (κ1) is 18.6. The number of rotatable bonds is 6. The Labute approximate surface area is 123 Å². The lowest BCUT2D eigenvalue weighted by molar-refractivity contribution is -0.130. The molecular weight excluding hydrogens is 290 g/mol. The molecular formula is C13H19ClF2N2O2. The first-order valence-electron chi connectivity index (χ1n) is 5.93. The summed E-state index contributed by atoms with van der Waals surface area (Å²) in [5, 5.41) is 0. The van der Waals surface area contributed by atoms with Gasteiger partial charge in [0.2, 0.25) is 5.91 Å². The van der Waals surface area contributed by atoms with Crippen molar-refractivity contribution in [1.82, 2.24) is 4.90 Å². The minimum absolute atomic E-state index is 0. The quantitative estimate of drug-likeness (QED) is 0.875. The Kier molecular flexibility index (Phi) is 8.10. The van der Waals surface area contributed by atoms with Crippen LogP contribution in [-0.2, 0) is 11.2 Å². The number of nitrogens with zero attached hydrogens (tertiary/aromatic N) is 1. The minimum atomic E-state index is -2.84. The van der Waals surface area contributed by atoms with Crippen molar-refractivity contribution in [2.24, 2.45) is 5.73 Å². The van der Waals surface area contributed by atoms with Gasteiger partial charge in [-0.3, -0.25) is 4.79 Å².